The van der Waals surface area contributed by atoms with Gasteiger partial charge in [0.25, 0.3) is 0 Å². The van der Waals surface area contributed by atoms with Gasteiger partial charge in [-0.05, 0) is 97.7 Å². The van der Waals surface area contributed by atoms with Gasteiger partial charge in [0.05, 0.1) is 0 Å². The lowest BCUT2D eigenvalue weighted by Gasteiger charge is -2.58. The average Bonchev–Trinajstić information content (AvgIpc) is 2.99. The summed E-state index contributed by atoms with van der Waals surface area (Å²) in [5, 5.41) is 0. The maximum atomic E-state index is 3.93. The molecule has 0 radical (unpaired) electrons. The molecule has 8 atom stereocenters. The third-order valence-electron chi connectivity index (χ3n) is 10.2. The Morgan fingerprint density at radius 2 is 1.79 bits per heavy atom. The summed E-state index contributed by atoms with van der Waals surface area (Å²) in [5.74, 6) is 5.74. The Kier molecular flexibility index (Phi) is 6.17. The normalized spacial score (nSPS) is 46.5. The topological polar surface area (TPSA) is 0 Å². The summed E-state index contributed by atoms with van der Waals surface area (Å²) in [7, 11) is 0. The number of hydrogen-bond donors (Lipinski definition) is 0. The van der Waals surface area contributed by atoms with E-state index in [2.05, 4.69) is 56.6 Å². The van der Waals surface area contributed by atoms with Gasteiger partial charge < -0.3 is 0 Å². The Labute approximate surface area is 183 Å². The van der Waals surface area contributed by atoms with Gasteiger partial charge in [0.15, 0.2) is 0 Å². The molecule has 0 spiro atoms. The van der Waals surface area contributed by atoms with Crippen molar-refractivity contribution in [2.24, 2.45) is 46.3 Å². The fraction of sp³-hybridized carbons (Fsp3) is 0.926. The van der Waals surface area contributed by atoms with E-state index < -0.39 is 0 Å². The highest BCUT2D eigenvalue weighted by atomic mass is 79.9. The predicted molar refractivity (Wildman–Crippen MR) is 126 cm³/mol. The van der Waals surface area contributed by atoms with E-state index >= 15 is 0 Å². The lowest BCUT2D eigenvalue weighted by molar-refractivity contribution is -0.0496. The average molecular weight is 450 g/mol. The van der Waals surface area contributed by atoms with E-state index in [1.54, 1.807) is 0 Å². The van der Waals surface area contributed by atoms with Gasteiger partial charge in [0.2, 0.25) is 0 Å². The number of fused-ring (bicyclic) bond motifs is 5. The third kappa shape index (κ3) is 3.58. The Hall–Kier alpha value is 0.220. The minimum Gasteiger partial charge on any atom is -0.0887 e. The first-order valence-electron chi connectivity index (χ1n) is 12.6. The minimum atomic E-state index is 0.523. The predicted octanol–water partition coefficient (Wildman–Crippen LogP) is 8.79. The van der Waals surface area contributed by atoms with Crippen molar-refractivity contribution >= 4 is 15.9 Å². The molecule has 28 heavy (non-hydrogen) atoms. The zero-order valence-corrected chi connectivity index (χ0v) is 20.9. The van der Waals surface area contributed by atoms with Crippen LogP contribution < -0.4 is 0 Å². The monoisotopic (exact) mass is 448 g/mol. The highest BCUT2D eigenvalue weighted by molar-refractivity contribution is 9.09. The van der Waals surface area contributed by atoms with Crippen molar-refractivity contribution in [1.29, 1.82) is 0 Å². The second-order valence-corrected chi connectivity index (χ2v) is 13.4. The van der Waals surface area contributed by atoms with Crippen LogP contribution in [-0.2, 0) is 0 Å². The van der Waals surface area contributed by atoms with Crippen LogP contribution in [0.2, 0.25) is 0 Å². The van der Waals surface area contributed by atoms with Gasteiger partial charge in [0, 0.05) is 4.83 Å². The maximum Gasteiger partial charge on any atom is 0.0183 e. The molecule has 3 saturated carbocycles. The van der Waals surface area contributed by atoms with Crippen molar-refractivity contribution in [3.05, 3.63) is 11.6 Å². The molecule has 0 aromatic rings. The summed E-state index contributed by atoms with van der Waals surface area (Å²) in [5.41, 5.74) is 2.98. The SMILES string of the molecule is CC(C)CCC[C@@H](C)[C@@H]1CC[C@@H]2[C@H]3CC=C4C[C@@H](Br)CC[C@]4(C)[C@@H]3CC[C@]21C. The summed E-state index contributed by atoms with van der Waals surface area (Å²) in [6.07, 6.45) is 18.6. The van der Waals surface area contributed by atoms with E-state index in [-0.39, 0.29) is 0 Å². The standard InChI is InChI=1S/C27H45Br/c1-18(2)7-6-8-19(3)23-11-12-24-22-10-9-20-17-21(28)13-15-26(20,4)25(22)14-16-27(23,24)5/h9,18-19,21-25H,6-8,10-17H2,1-5H3/t19-,21+,22-,23+,24-,25-,26+,27+/m1/s1. The summed E-state index contributed by atoms with van der Waals surface area (Å²) < 4.78 is 0. The Morgan fingerprint density at radius 3 is 2.54 bits per heavy atom. The molecule has 0 nitrogen and oxygen atoms in total. The van der Waals surface area contributed by atoms with Crippen LogP contribution in [0.25, 0.3) is 0 Å². The molecule has 4 rings (SSSR count). The zero-order chi connectivity index (χ0) is 20.1. The Morgan fingerprint density at radius 1 is 1.00 bits per heavy atom. The van der Waals surface area contributed by atoms with Gasteiger partial charge in [-0.3, -0.25) is 0 Å². The number of halogens is 1. The molecular formula is C27H45Br. The Balaban J connectivity index is 1.49. The molecule has 160 valence electrons. The van der Waals surface area contributed by atoms with Crippen LogP contribution in [0.4, 0.5) is 0 Å². The van der Waals surface area contributed by atoms with Crippen molar-refractivity contribution in [3.63, 3.8) is 0 Å². The maximum absolute atomic E-state index is 3.93. The van der Waals surface area contributed by atoms with Crippen LogP contribution >= 0.6 is 15.9 Å². The van der Waals surface area contributed by atoms with Crippen LogP contribution in [0, 0.1) is 46.3 Å². The van der Waals surface area contributed by atoms with Gasteiger partial charge in [-0.15, -0.1) is 0 Å². The van der Waals surface area contributed by atoms with Crippen LogP contribution in [0.5, 0.6) is 0 Å². The van der Waals surface area contributed by atoms with Gasteiger partial charge in [0.1, 0.15) is 0 Å². The first-order chi connectivity index (χ1) is 13.3. The number of rotatable bonds is 5. The molecule has 0 aliphatic heterocycles. The van der Waals surface area contributed by atoms with Gasteiger partial charge in [-0.2, -0.15) is 0 Å². The van der Waals surface area contributed by atoms with E-state index in [9.17, 15) is 0 Å². The molecule has 0 saturated heterocycles. The highest BCUT2D eigenvalue weighted by Crippen LogP contribution is 2.67. The third-order valence-corrected chi connectivity index (χ3v) is 11.0. The second-order valence-electron chi connectivity index (χ2n) is 12.1. The van der Waals surface area contributed by atoms with Gasteiger partial charge in [-0.1, -0.05) is 81.5 Å². The fourth-order valence-electron chi connectivity index (χ4n) is 8.64. The smallest absolute Gasteiger partial charge is 0.0183 e. The molecule has 4 aliphatic carbocycles. The van der Waals surface area contributed by atoms with Gasteiger partial charge >= 0.3 is 0 Å². The molecular weight excluding hydrogens is 404 g/mol. The van der Waals surface area contributed by atoms with Crippen LogP contribution in [0.1, 0.15) is 105 Å². The first-order valence-corrected chi connectivity index (χ1v) is 13.5. The molecule has 1 heteroatoms. The van der Waals surface area contributed by atoms with E-state index in [1.807, 2.05) is 5.57 Å². The fourth-order valence-corrected chi connectivity index (χ4v) is 9.22. The quantitative estimate of drug-likeness (QED) is 0.291. The van der Waals surface area contributed by atoms with Crippen LogP contribution in [-0.4, -0.2) is 4.83 Å². The number of hydrogen-bond acceptors (Lipinski definition) is 0. The van der Waals surface area contributed by atoms with E-state index in [0.29, 0.717) is 10.8 Å². The number of alkyl halides is 1. The zero-order valence-electron chi connectivity index (χ0n) is 19.3. The van der Waals surface area contributed by atoms with Crippen LogP contribution in [0.3, 0.4) is 0 Å². The van der Waals surface area contributed by atoms with Crippen molar-refractivity contribution in [1.82, 2.24) is 0 Å². The molecule has 0 unspecified atom stereocenters. The molecule has 3 fully saturated rings. The molecule has 0 N–H and O–H groups in total. The van der Waals surface area contributed by atoms with Gasteiger partial charge in [-0.25, -0.2) is 0 Å². The van der Waals surface area contributed by atoms with Crippen molar-refractivity contribution in [2.75, 3.05) is 0 Å². The number of allylic oxidation sites excluding steroid dienone is 2. The van der Waals surface area contributed by atoms with Crippen LogP contribution in [0.15, 0.2) is 11.6 Å². The first kappa shape index (κ1) is 21.5. The molecule has 0 bridgehead atoms. The molecule has 0 heterocycles. The lowest BCUT2D eigenvalue weighted by atomic mass is 9.47. The largest absolute Gasteiger partial charge is 0.0887 e. The van der Waals surface area contributed by atoms with Crippen molar-refractivity contribution in [3.8, 4) is 0 Å². The minimum absolute atomic E-state index is 0.523. The van der Waals surface area contributed by atoms with Crippen molar-refractivity contribution in [2.45, 2.75) is 110 Å². The summed E-state index contributed by atoms with van der Waals surface area (Å²) >= 11 is 3.93. The summed E-state index contributed by atoms with van der Waals surface area (Å²) in [4.78, 5) is 0.736. The van der Waals surface area contributed by atoms with E-state index in [1.165, 1.54) is 70.6 Å². The Bertz CT molecular complexity index is 591. The molecule has 0 amide bonds. The summed E-state index contributed by atoms with van der Waals surface area (Å²) in [6, 6.07) is 0. The molecule has 0 aromatic heterocycles. The molecule has 0 aromatic carbocycles. The van der Waals surface area contributed by atoms with Crippen molar-refractivity contribution < 1.29 is 0 Å². The van der Waals surface area contributed by atoms with E-state index in [0.717, 1.165) is 40.3 Å². The summed E-state index contributed by atoms with van der Waals surface area (Å²) in [6.45, 7) is 12.7. The highest BCUT2D eigenvalue weighted by Gasteiger charge is 2.58. The van der Waals surface area contributed by atoms with E-state index in [4.69, 9.17) is 0 Å². The lowest BCUT2D eigenvalue weighted by Crippen LogP contribution is -2.50. The second kappa shape index (κ2) is 8.05. The molecule has 4 aliphatic rings.